The lowest BCUT2D eigenvalue weighted by Crippen LogP contribution is -2.56. The third-order valence-electron chi connectivity index (χ3n) is 6.76. The molecule has 3 heterocycles. The Morgan fingerprint density at radius 3 is 2.77 bits per heavy atom. The first-order valence-corrected chi connectivity index (χ1v) is 11.3. The SMILES string of the molecule is CN=C(NCCc1c(C)noc1C)N1CCC2C(CCCN2Cc2ccccc2)C1. The molecule has 1 aromatic heterocycles. The first-order chi connectivity index (χ1) is 14.7. The van der Waals surface area contributed by atoms with Crippen molar-refractivity contribution in [3.8, 4) is 0 Å². The molecular weight excluding hydrogens is 374 g/mol. The number of likely N-dealkylation sites (tertiary alicyclic amines) is 2. The molecule has 0 spiro atoms. The molecule has 1 N–H and O–H groups in total. The molecule has 0 saturated carbocycles. The number of hydrogen-bond donors (Lipinski definition) is 1. The number of aliphatic imine (C=N–C) groups is 1. The van der Waals surface area contributed by atoms with E-state index >= 15 is 0 Å². The maximum absolute atomic E-state index is 5.28. The van der Waals surface area contributed by atoms with Gasteiger partial charge in [0.15, 0.2) is 5.96 Å². The fraction of sp³-hybridized carbons (Fsp3) is 0.583. The summed E-state index contributed by atoms with van der Waals surface area (Å²) in [4.78, 5) is 9.75. The summed E-state index contributed by atoms with van der Waals surface area (Å²) in [7, 11) is 1.90. The number of hydrogen-bond acceptors (Lipinski definition) is 4. The van der Waals surface area contributed by atoms with E-state index in [1.807, 2.05) is 20.9 Å². The molecule has 30 heavy (non-hydrogen) atoms. The molecule has 6 heteroatoms. The molecule has 1 aromatic carbocycles. The summed E-state index contributed by atoms with van der Waals surface area (Å²) < 4.78 is 5.28. The first-order valence-electron chi connectivity index (χ1n) is 11.3. The van der Waals surface area contributed by atoms with Gasteiger partial charge in [-0.2, -0.15) is 0 Å². The smallest absolute Gasteiger partial charge is 0.193 e. The van der Waals surface area contributed by atoms with Crippen LogP contribution in [-0.2, 0) is 13.0 Å². The second kappa shape index (κ2) is 9.65. The molecule has 2 saturated heterocycles. The van der Waals surface area contributed by atoms with Crippen molar-refractivity contribution < 1.29 is 4.52 Å². The molecule has 2 aromatic rings. The summed E-state index contributed by atoms with van der Waals surface area (Å²) in [5.41, 5.74) is 3.63. The summed E-state index contributed by atoms with van der Waals surface area (Å²) in [5.74, 6) is 2.67. The maximum Gasteiger partial charge on any atom is 0.193 e. The molecule has 4 rings (SSSR count). The molecule has 0 radical (unpaired) electrons. The number of piperidine rings is 2. The van der Waals surface area contributed by atoms with E-state index in [-0.39, 0.29) is 0 Å². The first kappa shape index (κ1) is 20.9. The second-order valence-corrected chi connectivity index (χ2v) is 8.69. The number of nitrogens with one attached hydrogen (secondary N) is 1. The van der Waals surface area contributed by atoms with Gasteiger partial charge in [0, 0.05) is 44.8 Å². The molecule has 0 amide bonds. The quantitative estimate of drug-likeness (QED) is 0.606. The van der Waals surface area contributed by atoms with E-state index in [0.29, 0.717) is 6.04 Å². The Morgan fingerprint density at radius 1 is 1.20 bits per heavy atom. The highest BCUT2D eigenvalue weighted by Gasteiger charge is 2.36. The fourth-order valence-corrected chi connectivity index (χ4v) is 5.20. The zero-order chi connectivity index (χ0) is 20.9. The zero-order valence-corrected chi connectivity index (χ0v) is 18.6. The number of benzene rings is 1. The Kier molecular flexibility index (Phi) is 6.72. The van der Waals surface area contributed by atoms with E-state index < -0.39 is 0 Å². The van der Waals surface area contributed by atoms with E-state index in [2.05, 4.69) is 55.6 Å². The van der Waals surface area contributed by atoms with Crippen LogP contribution in [0.5, 0.6) is 0 Å². The minimum Gasteiger partial charge on any atom is -0.361 e. The monoisotopic (exact) mass is 409 g/mol. The van der Waals surface area contributed by atoms with Crippen molar-refractivity contribution in [1.29, 1.82) is 0 Å². The molecule has 0 bridgehead atoms. The molecule has 2 unspecified atom stereocenters. The highest BCUT2D eigenvalue weighted by atomic mass is 16.5. The van der Waals surface area contributed by atoms with Gasteiger partial charge in [0.25, 0.3) is 0 Å². The van der Waals surface area contributed by atoms with Crippen molar-refractivity contribution in [3.63, 3.8) is 0 Å². The van der Waals surface area contributed by atoms with Crippen LogP contribution in [0.2, 0.25) is 0 Å². The summed E-state index contributed by atoms with van der Waals surface area (Å²) >= 11 is 0. The predicted molar refractivity (Wildman–Crippen MR) is 121 cm³/mol. The Morgan fingerprint density at radius 2 is 2.03 bits per heavy atom. The van der Waals surface area contributed by atoms with Crippen LogP contribution in [0.15, 0.2) is 39.8 Å². The summed E-state index contributed by atoms with van der Waals surface area (Å²) in [6, 6.07) is 11.6. The van der Waals surface area contributed by atoms with Gasteiger partial charge >= 0.3 is 0 Å². The summed E-state index contributed by atoms with van der Waals surface area (Å²) in [6.07, 6.45) is 4.73. The van der Waals surface area contributed by atoms with E-state index in [9.17, 15) is 0 Å². The van der Waals surface area contributed by atoms with Gasteiger partial charge in [-0.25, -0.2) is 0 Å². The lowest BCUT2D eigenvalue weighted by atomic mass is 9.83. The van der Waals surface area contributed by atoms with Crippen LogP contribution in [-0.4, -0.2) is 60.2 Å². The molecule has 2 aliphatic rings. The van der Waals surface area contributed by atoms with Gasteiger partial charge in [-0.1, -0.05) is 35.5 Å². The molecule has 2 fully saturated rings. The standard InChI is InChI=1S/C24H35N5O/c1-18-22(19(2)30-27-18)11-13-26-24(25-3)29-15-12-23-21(17-29)10-7-14-28(23)16-20-8-5-4-6-9-20/h4-6,8-9,21,23H,7,10-17H2,1-3H3,(H,25,26). The van der Waals surface area contributed by atoms with Crippen LogP contribution in [0, 0.1) is 19.8 Å². The number of rotatable bonds is 5. The number of nitrogens with zero attached hydrogens (tertiary/aromatic N) is 4. The molecule has 2 aliphatic heterocycles. The predicted octanol–water partition coefficient (Wildman–Crippen LogP) is 3.40. The Hall–Kier alpha value is -2.34. The van der Waals surface area contributed by atoms with Gasteiger partial charge in [-0.15, -0.1) is 0 Å². The lowest BCUT2D eigenvalue weighted by molar-refractivity contribution is 0.0373. The average Bonchev–Trinajstić information content (AvgIpc) is 3.09. The maximum atomic E-state index is 5.28. The highest BCUT2D eigenvalue weighted by molar-refractivity contribution is 5.80. The van der Waals surface area contributed by atoms with Crippen LogP contribution in [0.3, 0.4) is 0 Å². The van der Waals surface area contributed by atoms with Gasteiger partial charge < -0.3 is 14.7 Å². The minimum atomic E-state index is 0.690. The fourth-order valence-electron chi connectivity index (χ4n) is 5.20. The number of aryl methyl sites for hydroxylation is 2. The average molecular weight is 410 g/mol. The highest BCUT2D eigenvalue weighted by Crippen LogP contribution is 2.31. The van der Waals surface area contributed by atoms with Gasteiger partial charge in [0.1, 0.15) is 5.76 Å². The van der Waals surface area contributed by atoms with Crippen LogP contribution in [0.4, 0.5) is 0 Å². The number of fused-ring (bicyclic) bond motifs is 1. The van der Waals surface area contributed by atoms with Crippen LogP contribution < -0.4 is 5.32 Å². The Labute approximate surface area is 180 Å². The number of aromatic nitrogens is 1. The van der Waals surface area contributed by atoms with Crippen molar-refractivity contribution in [1.82, 2.24) is 20.3 Å². The van der Waals surface area contributed by atoms with E-state index in [4.69, 9.17) is 4.52 Å². The topological polar surface area (TPSA) is 56.9 Å². The molecule has 162 valence electrons. The van der Waals surface area contributed by atoms with E-state index in [0.717, 1.165) is 55.9 Å². The van der Waals surface area contributed by atoms with Crippen molar-refractivity contribution in [2.75, 3.05) is 33.2 Å². The molecule has 0 aliphatic carbocycles. The Bertz CT molecular complexity index is 827. The second-order valence-electron chi connectivity index (χ2n) is 8.69. The van der Waals surface area contributed by atoms with E-state index in [1.165, 1.54) is 36.9 Å². The lowest BCUT2D eigenvalue weighted by Gasteiger charge is -2.48. The number of guanidine groups is 1. The van der Waals surface area contributed by atoms with Gasteiger partial charge in [-0.3, -0.25) is 9.89 Å². The summed E-state index contributed by atoms with van der Waals surface area (Å²) in [6.45, 7) is 9.31. The van der Waals surface area contributed by atoms with Crippen LogP contribution in [0.1, 0.15) is 41.8 Å². The van der Waals surface area contributed by atoms with Gasteiger partial charge in [0.05, 0.1) is 5.69 Å². The minimum absolute atomic E-state index is 0.690. The zero-order valence-electron chi connectivity index (χ0n) is 18.6. The van der Waals surface area contributed by atoms with Crippen LogP contribution in [0.25, 0.3) is 0 Å². The van der Waals surface area contributed by atoms with Gasteiger partial charge in [-0.05, 0) is 57.6 Å². The van der Waals surface area contributed by atoms with Crippen molar-refractivity contribution >= 4 is 5.96 Å². The molecule has 2 atom stereocenters. The van der Waals surface area contributed by atoms with Crippen molar-refractivity contribution in [2.24, 2.45) is 10.9 Å². The van der Waals surface area contributed by atoms with Gasteiger partial charge in [0.2, 0.25) is 0 Å². The van der Waals surface area contributed by atoms with Crippen molar-refractivity contribution in [2.45, 2.75) is 52.1 Å². The normalized spacial score (nSPS) is 22.8. The third kappa shape index (κ3) is 4.69. The molecule has 6 nitrogen and oxygen atoms in total. The van der Waals surface area contributed by atoms with Crippen LogP contribution >= 0.6 is 0 Å². The summed E-state index contributed by atoms with van der Waals surface area (Å²) in [5, 5.41) is 7.63. The Balaban J connectivity index is 1.32. The largest absolute Gasteiger partial charge is 0.361 e. The van der Waals surface area contributed by atoms with E-state index in [1.54, 1.807) is 0 Å². The van der Waals surface area contributed by atoms with Crippen molar-refractivity contribution in [3.05, 3.63) is 52.9 Å². The molecular formula is C24H35N5O. The third-order valence-corrected chi connectivity index (χ3v) is 6.76.